The molecule has 1 unspecified atom stereocenters. The predicted octanol–water partition coefficient (Wildman–Crippen LogP) is 1.13. The van der Waals surface area contributed by atoms with Crippen LogP contribution < -0.4 is 10.2 Å². The SMILES string of the molecule is O=C(CN1C(=O)C2CCCN2C(=O)c2ccccc21)Nc1nncs1. The van der Waals surface area contributed by atoms with E-state index < -0.39 is 6.04 Å². The molecule has 1 atom stereocenters. The number of nitrogens with zero attached hydrogens (tertiary/aromatic N) is 4. The van der Waals surface area contributed by atoms with E-state index in [0.29, 0.717) is 29.3 Å². The highest BCUT2D eigenvalue weighted by Crippen LogP contribution is 2.32. The van der Waals surface area contributed by atoms with Gasteiger partial charge >= 0.3 is 0 Å². The first kappa shape index (κ1) is 15.7. The van der Waals surface area contributed by atoms with Crippen molar-refractivity contribution in [3.8, 4) is 0 Å². The maximum Gasteiger partial charge on any atom is 0.256 e. The average Bonchev–Trinajstić information content (AvgIpc) is 3.28. The lowest BCUT2D eigenvalue weighted by Crippen LogP contribution is -2.47. The molecular weight excluding hydrogens is 342 g/mol. The fourth-order valence-corrected chi connectivity index (χ4v) is 3.76. The first-order valence-electron chi connectivity index (χ1n) is 7.92. The van der Waals surface area contributed by atoms with Gasteiger partial charge in [-0.15, -0.1) is 10.2 Å². The number of carbonyl (C=O) groups excluding carboxylic acids is 3. The summed E-state index contributed by atoms with van der Waals surface area (Å²) < 4.78 is 0. The fraction of sp³-hybridized carbons (Fsp3) is 0.312. The standard InChI is InChI=1S/C16H15N5O3S/c22-13(18-16-19-17-9-25-16)8-21-11-5-2-1-4-10(11)14(23)20-7-3-6-12(20)15(21)24/h1-2,4-5,9,12H,3,6-8H2,(H,18,19,22). The van der Waals surface area contributed by atoms with Crippen molar-refractivity contribution >= 4 is 39.9 Å². The molecule has 9 heteroatoms. The number of nitrogens with one attached hydrogen (secondary N) is 1. The smallest absolute Gasteiger partial charge is 0.256 e. The molecule has 25 heavy (non-hydrogen) atoms. The molecule has 1 saturated heterocycles. The first-order chi connectivity index (χ1) is 12.1. The normalized spacial score (nSPS) is 19.4. The molecule has 0 saturated carbocycles. The van der Waals surface area contributed by atoms with Gasteiger partial charge in [0.05, 0.1) is 11.3 Å². The Labute approximate surface area is 147 Å². The Balaban J connectivity index is 1.67. The molecule has 1 aromatic heterocycles. The summed E-state index contributed by atoms with van der Waals surface area (Å²) in [5.74, 6) is -0.750. The van der Waals surface area contributed by atoms with Crippen molar-refractivity contribution in [3.63, 3.8) is 0 Å². The van der Waals surface area contributed by atoms with Gasteiger partial charge in [0.25, 0.3) is 5.91 Å². The van der Waals surface area contributed by atoms with Gasteiger partial charge in [-0.1, -0.05) is 23.5 Å². The van der Waals surface area contributed by atoms with Gasteiger partial charge in [0.1, 0.15) is 18.1 Å². The van der Waals surface area contributed by atoms with E-state index >= 15 is 0 Å². The maximum atomic E-state index is 13.0. The van der Waals surface area contributed by atoms with E-state index in [1.165, 1.54) is 21.7 Å². The fourth-order valence-electron chi connectivity index (χ4n) is 3.30. The van der Waals surface area contributed by atoms with Gasteiger partial charge in [-0.2, -0.15) is 0 Å². The molecule has 0 radical (unpaired) electrons. The van der Waals surface area contributed by atoms with Crippen LogP contribution in [0.4, 0.5) is 10.8 Å². The predicted molar refractivity (Wildman–Crippen MR) is 91.4 cm³/mol. The zero-order chi connectivity index (χ0) is 17.4. The van der Waals surface area contributed by atoms with E-state index in [-0.39, 0.29) is 24.3 Å². The summed E-state index contributed by atoms with van der Waals surface area (Å²) >= 11 is 1.20. The Kier molecular flexibility index (Phi) is 3.92. The van der Waals surface area contributed by atoms with Crippen LogP contribution in [0.3, 0.4) is 0 Å². The van der Waals surface area contributed by atoms with Crippen LogP contribution in [0.2, 0.25) is 0 Å². The monoisotopic (exact) mass is 357 g/mol. The quantitative estimate of drug-likeness (QED) is 0.888. The van der Waals surface area contributed by atoms with Gasteiger partial charge in [-0.05, 0) is 25.0 Å². The van der Waals surface area contributed by atoms with Crippen molar-refractivity contribution in [2.24, 2.45) is 0 Å². The number of hydrogen-bond donors (Lipinski definition) is 1. The molecular formula is C16H15N5O3S. The summed E-state index contributed by atoms with van der Waals surface area (Å²) in [5, 5.41) is 10.4. The van der Waals surface area contributed by atoms with Gasteiger partial charge in [0, 0.05) is 6.54 Å². The third kappa shape index (κ3) is 2.76. The number of aromatic nitrogens is 2. The van der Waals surface area contributed by atoms with Crippen LogP contribution in [-0.2, 0) is 9.59 Å². The lowest BCUT2D eigenvalue weighted by molar-refractivity contribution is -0.124. The van der Waals surface area contributed by atoms with Crippen molar-refractivity contribution in [1.82, 2.24) is 15.1 Å². The Morgan fingerprint density at radius 3 is 2.96 bits per heavy atom. The second kappa shape index (κ2) is 6.25. The highest BCUT2D eigenvalue weighted by Gasteiger charge is 2.42. The van der Waals surface area contributed by atoms with Crippen molar-refractivity contribution in [1.29, 1.82) is 0 Å². The minimum atomic E-state index is -0.505. The lowest BCUT2D eigenvalue weighted by atomic mass is 10.1. The second-order valence-corrected chi connectivity index (χ2v) is 6.72. The largest absolute Gasteiger partial charge is 0.327 e. The highest BCUT2D eigenvalue weighted by atomic mass is 32.1. The van der Waals surface area contributed by atoms with Crippen LogP contribution >= 0.6 is 11.3 Å². The molecule has 1 aromatic carbocycles. The molecule has 3 amide bonds. The van der Waals surface area contributed by atoms with Crippen molar-refractivity contribution in [2.75, 3.05) is 23.3 Å². The van der Waals surface area contributed by atoms with Crippen molar-refractivity contribution in [3.05, 3.63) is 35.3 Å². The number of para-hydroxylation sites is 1. The molecule has 3 heterocycles. The second-order valence-electron chi connectivity index (χ2n) is 5.89. The van der Waals surface area contributed by atoms with Gasteiger partial charge in [0.15, 0.2) is 0 Å². The van der Waals surface area contributed by atoms with Crippen LogP contribution in [0.15, 0.2) is 29.8 Å². The van der Waals surface area contributed by atoms with Crippen LogP contribution in [0, 0.1) is 0 Å². The minimum absolute atomic E-state index is 0.154. The molecule has 2 aliphatic heterocycles. The third-order valence-electron chi connectivity index (χ3n) is 4.40. The summed E-state index contributed by atoms with van der Waals surface area (Å²) in [6, 6.07) is 6.41. The zero-order valence-electron chi connectivity index (χ0n) is 13.2. The van der Waals surface area contributed by atoms with E-state index in [1.54, 1.807) is 29.2 Å². The number of anilines is 2. The van der Waals surface area contributed by atoms with Crippen molar-refractivity contribution in [2.45, 2.75) is 18.9 Å². The molecule has 0 spiro atoms. The van der Waals surface area contributed by atoms with Crippen LogP contribution in [-0.4, -0.2) is 52.0 Å². The number of amides is 3. The number of fused-ring (bicyclic) bond motifs is 2. The van der Waals surface area contributed by atoms with Crippen LogP contribution in [0.25, 0.3) is 0 Å². The molecule has 1 fully saturated rings. The van der Waals surface area contributed by atoms with E-state index in [0.717, 1.165) is 6.42 Å². The summed E-state index contributed by atoms with van der Waals surface area (Å²) in [7, 11) is 0. The minimum Gasteiger partial charge on any atom is -0.327 e. The summed E-state index contributed by atoms with van der Waals surface area (Å²) in [6.45, 7) is 0.390. The molecule has 2 aliphatic rings. The molecule has 0 aliphatic carbocycles. The van der Waals surface area contributed by atoms with E-state index in [4.69, 9.17) is 0 Å². The molecule has 0 bridgehead atoms. The number of rotatable bonds is 3. The Morgan fingerprint density at radius 1 is 1.32 bits per heavy atom. The Morgan fingerprint density at radius 2 is 2.16 bits per heavy atom. The molecule has 8 nitrogen and oxygen atoms in total. The summed E-state index contributed by atoms with van der Waals surface area (Å²) in [4.78, 5) is 41.2. The van der Waals surface area contributed by atoms with E-state index in [9.17, 15) is 14.4 Å². The Hall–Kier alpha value is -2.81. The van der Waals surface area contributed by atoms with Gasteiger partial charge in [-0.3, -0.25) is 19.7 Å². The van der Waals surface area contributed by atoms with E-state index in [2.05, 4.69) is 15.5 Å². The third-order valence-corrected chi connectivity index (χ3v) is 5.00. The van der Waals surface area contributed by atoms with E-state index in [1.807, 2.05) is 0 Å². The molecule has 128 valence electrons. The lowest BCUT2D eigenvalue weighted by Gasteiger charge is -2.25. The number of carbonyl (C=O) groups is 3. The number of benzene rings is 1. The average molecular weight is 357 g/mol. The summed E-state index contributed by atoms with van der Waals surface area (Å²) in [5.41, 5.74) is 2.43. The molecule has 4 rings (SSSR count). The van der Waals surface area contributed by atoms with Gasteiger partial charge in [0.2, 0.25) is 16.9 Å². The van der Waals surface area contributed by atoms with Crippen LogP contribution in [0.1, 0.15) is 23.2 Å². The van der Waals surface area contributed by atoms with Gasteiger partial charge in [-0.25, -0.2) is 0 Å². The maximum absolute atomic E-state index is 13.0. The Bertz CT molecular complexity index is 838. The molecule has 2 aromatic rings. The van der Waals surface area contributed by atoms with Crippen molar-refractivity contribution < 1.29 is 14.4 Å². The zero-order valence-corrected chi connectivity index (χ0v) is 14.0. The topological polar surface area (TPSA) is 95.5 Å². The molecule has 1 N–H and O–H groups in total. The van der Waals surface area contributed by atoms with Gasteiger partial charge < -0.3 is 9.80 Å². The van der Waals surface area contributed by atoms with Crippen LogP contribution in [0.5, 0.6) is 0 Å². The highest BCUT2D eigenvalue weighted by molar-refractivity contribution is 7.13. The summed E-state index contributed by atoms with van der Waals surface area (Å²) in [6.07, 6.45) is 1.40. The first-order valence-corrected chi connectivity index (χ1v) is 8.80. The number of hydrogen-bond acceptors (Lipinski definition) is 6.